The van der Waals surface area contributed by atoms with Crippen molar-refractivity contribution in [3.05, 3.63) is 41.8 Å². The van der Waals surface area contributed by atoms with Crippen LogP contribution in [0, 0.1) is 0 Å². The van der Waals surface area contributed by atoms with Gasteiger partial charge in [-0.2, -0.15) is 10.1 Å². The fraction of sp³-hybridized carbons (Fsp3) is 0.200. The van der Waals surface area contributed by atoms with Gasteiger partial charge in [0.05, 0.1) is 11.9 Å². The summed E-state index contributed by atoms with van der Waals surface area (Å²) in [4.78, 5) is 4.30. The molecule has 0 spiro atoms. The minimum atomic E-state index is 0.166. The molecule has 8 nitrogen and oxygen atoms in total. The lowest BCUT2D eigenvalue weighted by Gasteiger charge is -2.08. The van der Waals surface area contributed by atoms with Gasteiger partial charge in [0.1, 0.15) is 0 Å². The van der Waals surface area contributed by atoms with E-state index in [1.165, 1.54) is 0 Å². The first-order valence-electron chi connectivity index (χ1n) is 7.38. The topological polar surface area (TPSA) is 107 Å². The number of nitrogen functional groups attached to an aromatic ring is 1. The minimum Gasteiger partial charge on any atom is -0.399 e. The summed E-state index contributed by atoms with van der Waals surface area (Å²) in [5.74, 6) is 0.692. The molecule has 0 saturated heterocycles. The monoisotopic (exact) mass is 346 g/mol. The number of anilines is 5. The zero-order chi connectivity index (χ0) is 17.5. The molecule has 0 aliphatic carbocycles. The van der Waals surface area contributed by atoms with Crippen LogP contribution in [0.5, 0.6) is 0 Å². The van der Waals surface area contributed by atoms with Crippen LogP contribution in [0.1, 0.15) is 13.8 Å². The van der Waals surface area contributed by atoms with Crippen LogP contribution in [0.3, 0.4) is 0 Å². The second kappa shape index (κ2) is 8.11. The number of halogens is 1. The van der Waals surface area contributed by atoms with Gasteiger partial charge >= 0.3 is 0 Å². The molecule has 0 aliphatic heterocycles. The van der Waals surface area contributed by atoms with Crippen LogP contribution in [0.4, 0.5) is 28.8 Å². The van der Waals surface area contributed by atoms with Crippen LogP contribution in [-0.2, 0) is 7.05 Å². The lowest BCUT2D eigenvalue weighted by atomic mass is 10.3. The molecule has 0 amide bonds. The first-order chi connectivity index (χ1) is 11.6. The van der Waals surface area contributed by atoms with E-state index < -0.39 is 0 Å². The number of hydrogen-bond acceptors (Lipinski definition) is 7. The van der Waals surface area contributed by atoms with Crippen molar-refractivity contribution < 1.29 is 0 Å². The first kappa shape index (κ1) is 17.5. The Morgan fingerprint density at radius 1 is 1.12 bits per heavy atom. The summed E-state index contributed by atoms with van der Waals surface area (Å²) in [5.41, 5.74) is 7.89. The van der Waals surface area contributed by atoms with Gasteiger partial charge in [-0.05, 0) is 18.2 Å². The number of nitrogens with two attached hydrogens (primary N) is 1. The average Bonchev–Trinajstić information content (AvgIpc) is 2.98. The third-order valence-electron chi connectivity index (χ3n) is 2.76. The molecule has 3 aromatic rings. The molecule has 9 heteroatoms. The number of nitrogens with one attached hydrogen (secondary N) is 2. The van der Waals surface area contributed by atoms with E-state index in [9.17, 15) is 0 Å². The van der Waals surface area contributed by atoms with Crippen molar-refractivity contribution in [1.29, 1.82) is 0 Å². The molecule has 0 bridgehead atoms. The van der Waals surface area contributed by atoms with Crippen LogP contribution in [0.25, 0.3) is 0 Å². The Morgan fingerprint density at radius 3 is 2.58 bits per heavy atom. The number of aromatic nitrogens is 5. The molecule has 0 fully saturated rings. The van der Waals surface area contributed by atoms with Gasteiger partial charge in [0, 0.05) is 24.6 Å². The maximum atomic E-state index is 6.02. The summed E-state index contributed by atoms with van der Waals surface area (Å²) in [6.45, 7) is 4.00. The van der Waals surface area contributed by atoms with Crippen molar-refractivity contribution in [2.75, 3.05) is 16.4 Å². The molecular formula is C15H19ClN8. The third-order valence-corrected chi connectivity index (χ3v) is 3.01. The third kappa shape index (κ3) is 4.56. The SMILES string of the molecule is CC.Cn1cc(Nc2nnc(Cl)c(Nc3cccc(N)c3)n2)cn1. The van der Waals surface area contributed by atoms with E-state index in [0.717, 1.165) is 11.4 Å². The lowest BCUT2D eigenvalue weighted by Crippen LogP contribution is -2.03. The molecule has 2 aromatic heterocycles. The smallest absolute Gasteiger partial charge is 0.249 e. The second-order valence-corrected chi connectivity index (χ2v) is 4.91. The molecule has 0 atom stereocenters. The molecule has 4 N–H and O–H groups in total. The normalized spacial score (nSPS) is 9.83. The molecule has 126 valence electrons. The Bertz CT molecular complexity index is 802. The van der Waals surface area contributed by atoms with E-state index in [-0.39, 0.29) is 5.15 Å². The van der Waals surface area contributed by atoms with Gasteiger partial charge in [-0.1, -0.05) is 31.5 Å². The number of nitrogens with zero attached hydrogens (tertiary/aromatic N) is 5. The van der Waals surface area contributed by atoms with Gasteiger partial charge in [-0.3, -0.25) is 4.68 Å². The van der Waals surface area contributed by atoms with Gasteiger partial charge in [0.2, 0.25) is 5.95 Å². The standard InChI is InChI=1S/C13H13ClN8.C2H6/c1-22-7-10(6-16-22)18-13-19-12(11(14)20-21-13)17-9-4-2-3-8(15)5-9;1-2/h2-7H,15H2,1H3,(H2,17,18,19,21);1-2H3. The Kier molecular flexibility index (Phi) is 5.91. The summed E-state index contributed by atoms with van der Waals surface area (Å²) in [6, 6.07) is 7.24. The van der Waals surface area contributed by atoms with E-state index in [4.69, 9.17) is 17.3 Å². The predicted molar refractivity (Wildman–Crippen MR) is 96.8 cm³/mol. The van der Waals surface area contributed by atoms with Crippen LogP contribution in [0.2, 0.25) is 5.15 Å². The number of aryl methyl sites for hydroxylation is 1. The van der Waals surface area contributed by atoms with Crippen LogP contribution in [0.15, 0.2) is 36.7 Å². The average molecular weight is 347 g/mol. The number of hydrogen-bond donors (Lipinski definition) is 3. The number of benzene rings is 1. The van der Waals surface area contributed by atoms with E-state index in [1.54, 1.807) is 29.2 Å². The summed E-state index contributed by atoms with van der Waals surface area (Å²) in [5, 5.41) is 18.0. The molecule has 0 saturated carbocycles. The highest BCUT2D eigenvalue weighted by atomic mass is 35.5. The van der Waals surface area contributed by atoms with Gasteiger partial charge in [0.15, 0.2) is 11.0 Å². The Labute approximate surface area is 145 Å². The maximum Gasteiger partial charge on any atom is 0.249 e. The lowest BCUT2D eigenvalue weighted by molar-refractivity contribution is 0.768. The van der Waals surface area contributed by atoms with Crippen molar-refractivity contribution >= 4 is 40.4 Å². The molecule has 0 unspecified atom stereocenters. The minimum absolute atomic E-state index is 0.166. The van der Waals surface area contributed by atoms with Crippen molar-refractivity contribution in [1.82, 2.24) is 25.0 Å². The fourth-order valence-electron chi connectivity index (χ4n) is 1.81. The molecule has 3 rings (SSSR count). The van der Waals surface area contributed by atoms with Crippen molar-refractivity contribution in [3.8, 4) is 0 Å². The first-order valence-corrected chi connectivity index (χ1v) is 7.76. The van der Waals surface area contributed by atoms with Gasteiger partial charge < -0.3 is 16.4 Å². The van der Waals surface area contributed by atoms with Crippen LogP contribution in [-0.4, -0.2) is 25.0 Å². The Morgan fingerprint density at radius 2 is 1.92 bits per heavy atom. The van der Waals surface area contributed by atoms with Gasteiger partial charge in [-0.15, -0.1) is 10.2 Å². The largest absolute Gasteiger partial charge is 0.399 e. The highest BCUT2D eigenvalue weighted by Gasteiger charge is 2.09. The van der Waals surface area contributed by atoms with Crippen molar-refractivity contribution in [2.45, 2.75) is 13.8 Å². The van der Waals surface area contributed by atoms with Crippen LogP contribution < -0.4 is 16.4 Å². The molecule has 1 aromatic carbocycles. The van der Waals surface area contributed by atoms with Crippen molar-refractivity contribution in [3.63, 3.8) is 0 Å². The van der Waals surface area contributed by atoms with Gasteiger partial charge in [-0.25, -0.2) is 0 Å². The van der Waals surface area contributed by atoms with E-state index in [1.807, 2.05) is 33.0 Å². The zero-order valence-electron chi connectivity index (χ0n) is 13.7. The quantitative estimate of drug-likeness (QED) is 0.622. The Balaban J connectivity index is 0.00000100. The molecular weight excluding hydrogens is 328 g/mol. The molecule has 24 heavy (non-hydrogen) atoms. The molecule has 2 heterocycles. The predicted octanol–water partition coefficient (Wildman–Crippen LogP) is 3.35. The fourth-order valence-corrected chi connectivity index (χ4v) is 1.94. The highest BCUT2D eigenvalue weighted by molar-refractivity contribution is 6.31. The van der Waals surface area contributed by atoms with Gasteiger partial charge in [0.25, 0.3) is 0 Å². The highest BCUT2D eigenvalue weighted by Crippen LogP contribution is 2.23. The second-order valence-electron chi connectivity index (χ2n) is 4.55. The van der Waals surface area contributed by atoms with E-state index >= 15 is 0 Å². The summed E-state index contributed by atoms with van der Waals surface area (Å²) < 4.78 is 1.66. The molecule has 0 radical (unpaired) electrons. The summed E-state index contributed by atoms with van der Waals surface area (Å²) in [6.07, 6.45) is 3.45. The van der Waals surface area contributed by atoms with Crippen LogP contribution >= 0.6 is 11.6 Å². The zero-order valence-corrected chi connectivity index (χ0v) is 14.4. The number of rotatable bonds is 4. The van der Waals surface area contributed by atoms with E-state index in [0.29, 0.717) is 17.5 Å². The molecule has 0 aliphatic rings. The van der Waals surface area contributed by atoms with Crippen molar-refractivity contribution in [2.24, 2.45) is 7.05 Å². The van der Waals surface area contributed by atoms with E-state index in [2.05, 4.69) is 30.9 Å². The summed E-state index contributed by atoms with van der Waals surface area (Å²) in [7, 11) is 1.82. The summed E-state index contributed by atoms with van der Waals surface area (Å²) >= 11 is 6.02. The Hall–Kier alpha value is -2.87. The maximum absolute atomic E-state index is 6.02.